The number of hydrogen-bond acceptors (Lipinski definition) is 2. The third-order valence-electron chi connectivity index (χ3n) is 4.35. The molecule has 20 heavy (non-hydrogen) atoms. The molecule has 0 spiro atoms. The zero-order chi connectivity index (χ0) is 15.0. The van der Waals surface area contributed by atoms with Crippen LogP contribution in [0.4, 0.5) is 5.69 Å². The topological polar surface area (TPSA) is 29.3 Å². The van der Waals surface area contributed by atoms with E-state index in [1.807, 2.05) is 0 Å². The molecule has 0 aromatic heterocycles. The lowest BCUT2D eigenvalue weighted by Crippen LogP contribution is -2.31. The number of nitrogens with two attached hydrogens (primary N) is 1. The van der Waals surface area contributed by atoms with Crippen molar-refractivity contribution in [3.05, 3.63) is 29.8 Å². The van der Waals surface area contributed by atoms with Gasteiger partial charge in [-0.2, -0.15) is 0 Å². The lowest BCUT2D eigenvalue weighted by Gasteiger charge is -2.30. The largest absolute Gasteiger partial charge is 0.371 e. The van der Waals surface area contributed by atoms with Crippen LogP contribution < -0.4 is 10.6 Å². The van der Waals surface area contributed by atoms with Crippen LogP contribution in [-0.4, -0.2) is 19.1 Å². The predicted octanol–water partition coefficient (Wildman–Crippen LogP) is 4.23. The molecule has 0 aliphatic carbocycles. The molecule has 2 heteroatoms. The van der Waals surface area contributed by atoms with E-state index in [1.54, 1.807) is 0 Å². The summed E-state index contributed by atoms with van der Waals surface area (Å²) in [4.78, 5) is 2.52. The van der Waals surface area contributed by atoms with Crippen LogP contribution in [0.15, 0.2) is 24.3 Å². The van der Waals surface area contributed by atoms with Gasteiger partial charge in [0.15, 0.2) is 0 Å². The molecule has 0 radical (unpaired) electrons. The first-order chi connectivity index (χ1) is 9.65. The summed E-state index contributed by atoms with van der Waals surface area (Å²) in [5.41, 5.74) is 8.93. The van der Waals surface area contributed by atoms with Crippen molar-refractivity contribution >= 4 is 5.69 Å². The van der Waals surface area contributed by atoms with Gasteiger partial charge >= 0.3 is 0 Å². The molecule has 0 amide bonds. The minimum atomic E-state index is 0.267. The van der Waals surface area contributed by atoms with Crippen molar-refractivity contribution < 1.29 is 0 Å². The van der Waals surface area contributed by atoms with Crippen molar-refractivity contribution in [3.8, 4) is 0 Å². The Morgan fingerprint density at radius 2 is 1.65 bits per heavy atom. The van der Waals surface area contributed by atoms with Gasteiger partial charge in [-0.05, 0) is 37.3 Å². The fraction of sp³-hybridized carbons (Fsp3) is 0.667. The van der Waals surface area contributed by atoms with Gasteiger partial charge in [-0.15, -0.1) is 0 Å². The Labute approximate surface area is 125 Å². The molecular weight excluding hydrogens is 244 g/mol. The zero-order valence-electron chi connectivity index (χ0n) is 13.7. The molecule has 1 atom stereocenters. The molecule has 0 bridgehead atoms. The summed E-state index contributed by atoms with van der Waals surface area (Å²) in [7, 11) is 0. The molecule has 0 aliphatic heterocycles. The average molecular weight is 276 g/mol. The van der Waals surface area contributed by atoms with Crippen molar-refractivity contribution in [2.24, 2.45) is 11.7 Å². The number of rotatable bonds is 9. The molecule has 1 aromatic carbocycles. The van der Waals surface area contributed by atoms with Gasteiger partial charge in [0.2, 0.25) is 0 Å². The van der Waals surface area contributed by atoms with Crippen LogP contribution >= 0.6 is 0 Å². The second-order valence-electron chi connectivity index (χ2n) is 5.72. The number of nitrogens with zero attached hydrogens (tertiary/aromatic N) is 1. The van der Waals surface area contributed by atoms with E-state index in [2.05, 4.69) is 56.9 Å². The molecular formula is C18H32N2. The quantitative estimate of drug-likeness (QED) is 0.731. The molecule has 0 fully saturated rings. The Bertz CT molecular complexity index is 371. The summed E-state index contributed by atoms with van der Waals surface area (Å²) in [6.45, 7) is 11.2. The number of anilines is 1. The molecule has 1 aromatic rings. The van der Waals surface area contributed by atoms with E-state index >= 15 is 0 Å². The van der Waals surface area contributed by atoms with E-state index in [1.165, 1.54) is 24.1 Å². The maximum Gasteiger partial charge on any atom is 0.0399 e. The fourth-order valence-electron chi connectivity index (χ4n) is 2.68. The smallest absolute Gasteiger partial charge is 0.0399 e. The van der Waals surface area contributed by atoms with E-state index in [0.29, 0.717) is 0 Å². The Kier molecular flexibility index (Phi) is 7.68. The summed E-state index contributed by atoms with van der Waals surface area (Å²) in [5, 5.41) is 0. The maximum atomic E-state index is 6.15. The highest BCUT2D eigenvalue weighted by atomic mass is 15.1. The highest BCUT2D eigenvalue weighted by Gasteiger charge is 2.14. The van der Waals surface area contributed by atoms with Crippen molar-refractivity contribution in [2.75, 3.05) is 18.0 Å². The van der Waals surface area contributed by atoms with Crippen molar-refractivity contribution in [2.45, 2.75) is 59.4 Å². The van der Waals surface area contributed by atoms with Gasteiger partial charge in [-0.1, -0.05) is 51.8 Å². The SMILES string of the molecule is CCC(N)Cc1ccccc1N(CC)CC(CC)CC. The van der Waals surface area contributed by atoms with E-state index in [9.17, 15) is 0 Å². The summed E-state index contributed by atoms with van der Waals surface area (Å²) < 4.78 is 0. The monoisotopic (exact) mass is 276 g/mol. The van der Waals surface area contributed by atoms with Gasteiger partial charge in [0, 0.05) is 24.8 Å². The maximum absolute atomic E-state index is 6.15. The number of hydrogen-bond donors (Lipinski definition) is 1. The first-order valence-corrected chi connectivity index (χ1v) is 8.24. The Morgan fingerprint density at radius 1 is 1.00 bits per heavy atom. The van der Waals surface area contributed by atoms with Crippen LogP contribution in [0.25, 0.3) is 0 Å². The standard InChI is InChI=1S/C18H32N2/c1-5-15(6-2)14-20(8-4)18-12-10-9-11-16(18)13-17(19)7-3/h9-12,15,17H,5-8,13-14,19H2,1-4H3. The van der Waals surface area contributed by atoms with Crippen molar-refractivity contribution in [1.82, 2.24) is 0 Å². The van der Waals surface area contributed by atoms with Gasteiger partial charge in [0.1, 0.15) is 0 Å². The summed E-state index contributed by atoms with van der Waals surface area (Å²) in [6, 6.07) is 9.03. The average Bonchev–Trinajstić information content (AvgIpc) is 2.49. The van der Waals surface area contributed by atoms with Gasteiger partial charge in [0.25, 0.3) is 0 Å². The van der Waals surface area contributed by atoms with E-state index in [-0.39, 0.29) is 6.04 Å². The van der Waals surface area contributed by atoms with Crippen LogP contribution in [0.1, 0.15) is 52.5 Å². The third-order valence-corrected chi connectivity index (χ3v) is 4.35. The molecule has 0 heterocycles. The Balaban J connectivity index is 2.90. The molecule has 2 N–H and O–H groups in total. The molecule has 1 unspecified atom stereocenters. The van der Waals surface area contributed by atoms with Gasteiger partial charge in [0.05, 0.1) is 0 Å². The molecule has 2 nitrogen and oxygen atoms in total. The lowest BCUT2D eigenvalue weighted by molar-refractivity contribution is 0.485. The van der Waals surface area contributed by atoms with Gasteiger partial charge in [-0.3, -0.25) is 0 Å². The highest BCUT2D eigenvalue weighted by molar-refractivity contribution is 5.54. The first-order valence-electron chi connectivity index (χ1n) is 8.24. The second-order valence-corrected chi connectivity index (χ2v) is 5.72. The van der Waals surface area contributed by atoms with Crippen LogP contribution in [0.5, 0.6) is 0 Å². The number of benzene rings is 1. The summed E-state index contributed by atoms with van der Waals surface area (Å²) in [6.07, 6.45) is 4.52. The minimum absolute atomic E-state index is 0.267. The summed E-state index contributed by atoms with van der Waals surface area (Å²) >= 11 is 0. The normalized spacial score (nSPS) is 12.7. The molecule has 0 saturated carbocycles. The van der Waals surface area contributed by atoms with Crippen LogP contribution in [0.3, 0.4) is 0 Å². The first kappa shape index (κ1) is 17.0. The Hall–Kier alpha value is -1.02. The summed E-state index contributed by atoms with van der Waals surface area (Å²) in [5.74, 6) is 0.780. The molecule has 0 saturated heterocycles. The molecule has 0 aliphatic rings. The second kappa shape index (κ2) is 9.02. The van der Waals surface area contributed by atoms with E-state index in [4.69, 9.17) is 5.73 Å². The van der Waals surface area contributed by atoms with Gasteiger partial charge < -0.3 is 10.6 Å². The van der Waals surface area contributed by atoms with Gasteiger partial charge in [-0.25, -0.2) is 0 Å². The lowest BCUT2D eigenvalue weighted by atomic mass is 9.99. The highest BCUT2D eigenvalue weighted by Crippen LogP contribution is 2.24. The molecule has 1 rings (SSSR count). The van der Waals surface area contributed by atoms with Crippen molar-refractivity contribution in [3.63, 3.8) is 0 Å². The predicted molar refractivity (Wildman–Crippen MR) is 90.4 cm³/mol. The van der Waals surface area contributed by atoms with Crippen LogP contribution in [-0.2, 0) is 6.42 Å². The third kappa shape index (κ3) is 4.82. The minimum Gasteiger partial charge on any atom is -0.371 e. The number of para-hydroxylation sites is 1. The molecule has 114 valence electrons. The van der Waals surface area contributed by atoms with Crippen LogP contribution in [0.2, 0.25) is 0 Å². The van der Waals surface area contributed by atoms with E-state index < -0.39 is 0 Å². The fourth-order valence-corrected chi connectivity index (χ4v) is 2.68. The van der Waals surface area contributed by atoms with E-state index in [0.717, 1.165) is 31.8 Å². The van der Waals surface area contributed by atoms with Crippen LogP contribution in [0, 0.1) is 5.92 Å². The Morgan fingerprint density at radius 3 is 2.20 bits per heavy atom. The van der Waals surface area contributed by atoms with Crippen molar-refractivity contribution in [1.29, 1.82) is 0 Å². The zero-order valence-corrected chi connectivity index (χ0v) is 13.7.